The Morgan fingerprint density at radius 1 is 1.24 bits per heavy atom. The van der Waals surface area contributed by atoms with Crippen LogP contribution >= 0.6 is 15.9 Å². The van der Waals surface area contributed by atoms with E-state index in [-0.39, 0.29) is 0 Å². The molecule has 1 unspecified atom stereocenters. The van der Waals surface area contributed by atoms with Gasteiger partial charge in [-0.3, -0.25) is 4.68 Å². The summed E-state index contributed by atoms with van der Waals surface area (Å²) in [6.07, 6.45) is 0.928. The van der Waals surface area contributed by atoms with Crippen LogP contribution in [-0.2, 0) is 13.5 Å². The molecule has 2 aromatic rings. The molecule has 3 nitrogen and oxygen atoms in total. The quantitative estimate of drug-likeness (QED) is 0.883. The molecular weight excluding hydrogens is 326 g/mol. The summed E-state index contributed by atoms with van der Waals surface area (Å²) < 4.78 is 3.11. The topological polar surface area (TPSA) is 29.9 Å². The van der Waals surface area contributed by atoms with E-state index in [4.69, 9.17) is 0 Å². The molecule has 1 N–H and O–H groups in total. The Bertz CT molecular complexity index is 611. The fourth-order valence-electron chi connectivity index (χ4n) is 2.99. The first kappa shape index (κ1) is 16.2. The van der Waals surface area contributed by atoms with Crippen molar-refractivity contribution < 1.29 is 0 Å². The van der Waals surface area contributed by atoms with Crippen molar-refractivity contribution in [2.24, 2.45) is 7.05 Å². The van der Waals surface area contributed by atoms with Crippen LogP contribution in [0, 0.1) is 20.8 Å². The average molecular weight is 350 g/mol. The van der Waals surface area contributed by atoms with Gasteiger partial charge < -0.3 is 5.32 Å². The number of hydrogen-bond donors (Lipinski definition) is 1. The fourth-order valence-corrected chi connectivity index (χ4v) is 3.49. The van der Waals surface area contributed by atoms with Crippen molar-refractivity contribution in [3.8, 4) is 0 Å². The molecular formula is C17H24BrN3. The smallest absolute Gasteiger partial charge is 0.0738 e. The second-order valence-electron chi connectivity index (χ2n) is 5.59. The van der Waals surface area contributed by atoms with E-state index in [0.29, 0.717) is 6.04 Å². The van der Waals surface area contributed by atoms with Crippen LogP contribution < -0.4 is 5.32 Å². The predicted molar refractivity (Wildman–Crippen MR) is 91.7 cm³/mol. The third kappa shape index (κ3) is 3.38. The van der Waals surface area contributed by atoms with Gasteiger partial charge in [0.05, 0.1) is 15.9 Å². The molecule has 4 heteroatoms. The molecule has 0 amide bonds. The van der Waals surface area contributed by atoms with Gasteiger partial charge in [0.2, 0.25) is 0 Å². The summed E-state index contributed by atoms with van der Waals surface area (Å²) in [6, 6.07) is 6.82. The Hall–Kier alpha value is -1.13. The maximum atomic E-state index is 4.50. The minimum Gasteiger partial charge on any atom is -0.310 e. The van der Waals surface area contributed by atoms with Gasteiger partial charge in [0, 0.05) is 19.5 Å². The highest BCUT2D eigenvalue weighted by Gasteiger charge is 2.20. The number of benzene rings is 1. The molecule has 114 valence electrons. The number of nitrogens with one attached hydrogen (secondary N) is 1. The second-order valence-corrected chi connectivity index (χ2v) is 6.38. The van der Waals surface area contributed by atoms with Gasteiger partial charge in [0.1, 0.15) is 0 Å². The van der Waals surface area contributed by atoms with E-state index < -0.39 is 0 Å². The maximum absolute atomic E-state index is 4.50. The van der Waals surface area contributed by atoms with E-state index in [1.54, 1.807) is 0 Å². The molecule has 0 saturated heterocycles. The minimum absolute atomic E-state index is 0.308. The number of nitrogens with zero attached hydrogens (tertiary/aromatic N) is 2. The third-order valence-electron chi connectivity index (χ3n) is 4.00. The lowest BCUT2D eigenvalue weighted by Crippen LogP contribution is -2.25. The minimum atomic E-state index is 0.308. The van der Waals surface area contributed by atoms with Gasteiger partial charge in [-0.2, -0.15) is 5.10 Å². The lowest BCUT2D eigenvalue weighted by molar-refractivity contribution is 0.523. The molecule has 2 rings (SSSR count). The predicted octanol–water partition coefficient (Wildman–Crippen LogP) is 4.00. The van der Waals surface area contributed by atoms with E-state index in [2.05, 4.69) is 65.3 Å². The van der Waals surface area contributed by atoms with Crippen molar-refractivity contribution in [3.63, 3.8) is 0 Å². The summed E-state index contributed by atoms with van der Waals surface area (Å²) in [5.41, 5.74) is 6.38. The summed E-state index contributed by atoms with van der Waals surface area (Å²) >= 11 is 3.68. The highest BCUT2D eigenvalue weighted by molar-refractivity contribution is 9.10. The third-order valence-corrected chi connectivity index (χ3v) is 5.03. The molecule has 0 aliphatic carbocycles. The molecule has 0 aliphatic rings. The highest BCUT2D eigenvalue weighted by Crippen LogP contribution is 2.29. The Kier molecular flexibility index (Phi) is 5.22. The van der Waals surface area contributed by atoms with E-state index >= 15 is 0 Å². The number of aromatic nitrogens is 2. The van der Waals surface area contributed by atoms with Gasteiger partial charge in [0.25, 0.3) is 0 Å². The molecule has 0 radical (unpaired) electrons. The van der Waals surface area contributed by atoms with Crippen molar-refractivity contribution in [3.05, 3.63) is 50.8 Å². The van der Waals surface area contributed by atoms with E-state index in [0.717, 1.165) is 23.1 Å². The molecule has 0 spiro atoms. The molecule has 0 fully saturated rings. The molecule has 0 saturated carbocycles. The SMILES string of the molecule is CCNC(Cc1c(Br)c(C)nn1C)c1c(C)cccc1C. The number of aryl methyl sites for hydroxylation is 4. The summed E-state index contributed by atoms with van der Waals surface area (Å²) in [5, 5.41) is 8.14. The molecule has 1 aromatic carbocycles. The van der Waals surface area contributed by atoms with Crippen LogP contribution in [0.25, 0.3) is 0 Å². The number of hydrogen-bond acceptors (Lipinski definition) is 2. The summed E-state index contributed by atoms with van der Waals surface area (Å²) in [4.78, 5) is 0. The Morgan fingerprint density at radius 3 is 2.33 bits per heavy atom. The summed E-state index contributed by atoms with van der Waals surface area (Å²) in [5.74, 6) is 0. The van der Waals surface area contributed by atoms with Gasteiger partial charge >= 0.3 is 0 Å². The van der Waals surface area contributed by atoms with Gasteiger partial charge in [-0.05, 0) is 59.9 Å². The van der Waals surface area contributed by atoms with Gasteiger partial charge in [-0.25, -0.2) is 0 Å². The van der Waals surface area contributed by atoms with Crippen LogP contribution in [0.4, 0.5) is 0 Å². The Morgan fingerprint density at radius 2 is 1.86 bits per heavy atom. The first-order valence-corrected chi connectivity index (χ1v) is 8.22. The van der Waals surface area contributed by atoms with Crippen LogP contribution in [0.15, 0.2) is 22.7 Å². The second kappa shape index (κ2) is 6.75. The molecule has 0 bridgehead atoms. The molecule has 1 aromatic heterocycles. The fraction of sp³-hybridized carbons (Fsp3) is 0.471. The van der Waals surface area contributed by atoms with Crippen LogP contribution in [0.2, 0.25) is 0 Å². The molecule has 0 aliphatic heterocycles. The zero-order valence-corrected chi connectivity index (χ0v) is 15.1. The monoisotopic (exact) mass is 349 g/mol. The van der Waals surface area contributed by atoms with Gasteiger partial charge in [-0.15, -0.1) is 0 Å². The standard InChI is InChI=1S/C17H24BrN3/c1-6-19-14(16-11(2)8-7-9-12(16)3)10-15-17(18)13(4)20-21(15)5/h7-9,14,19H,6,10H2,1-5H3. The molecule has 21 heavy (non-hydrogen) atoms. The normalized spacial score (nSPS) is 12.7. The Labute approximate surface area is 135 Å². The van der Waals surface area contributed by atoms with Crippen molar-refractivity contribution in [2.75, 3.05) is 6.54 Å². The van der Waals surface area contributed by atoms with Gasteiger partial charge in [0.15, 0.2) is 0 Å². The van der Waals surface area contributed by atoms with E-state index in [9.17, 15) is 0 Å². The zero-order valence-electron chi connectivity index (χ0n) is 13.5. The lowest BCUT2D eigenvalue weighted by atomic mass is 9.93. The van der Waals surface area contributed by atoms with Crippen LogP contribution in [0.1, 0.15) is 41.0 Å². The Balaban J connectivity index is 2.40. The number of halogens is 1. The van der Waals surface area contributed by atoms with Crippen molar-refractivity contribution >= 4 is 15.9 Å². The highest BCUT2D eigenvalue weighted by atomic mass is 79.9. The van der Waals surface area contributed by atoms with Crippen LogP contribution in [0.3, 0.4) is 0 Å². The van der Waals surface area contributed by atoms with Crippen molar-refractivity contribution in [2.45, 2.75) is 40.2 Å². The summed E-state index contributed by atoms with van der Waals surface area (Å²) in [6.45, 7) is 9.53. The largest absolute Gasteiger partial charge is 0.310 e. The number of rotatable bonds is 5. The first-order valence-electron chi connectivity index (χ1n) is 7.43. The maximum Gasteiger partial charge on any atom is 0.0738 e. The summed E-state index contributed by atoms with van der Waals surface area (Å²) in [7, 11) is 2.01. The van der Waals surface area contributed by atoms with Crippen molar-refractivity contribution in [1.82, 2.24) is 15.1 Å². The molecule has 1 heterocycles. The zero-order chi connectivity index (χ0) is 15.6. The lowest BCUT2D eigenvalue weighted by Gasteiger charge is -2.23. The van der Waals surface area contributed by atoms with Crippen molar-refractivity contribution in [1.29, 1.82) is 0 Å². The van der Waals surface area contributed by atoms with Crippen LogP contribution in [0.5, 0.6) is 0 Å². The average Bonchev–Trinajstić information content (AvgIpc) is 2.65. The first-order chi connectivity index (χ1) is 9.95. The van der Waals surface area contributed by atoms with Gasteiger partial charge in [-0.1, -0.05) is 25.1 Å². The molecule has 1 atom stereocenters. The van der Waals surface area contributed by atoms with E-state index in [1.165, 1.54) is 22.4 Å². The van der Waals surface area contributed by atoms with Crippen LogP contribution in [-0.4, -0.2) is 16.3 Å². The number of likely N-dealkylation sites (N-methyl/N-ethyl adjacent to an activating group) is 1. The van der Waals surface area contributed by atoms with E-state index in [1.807, 2.05) is 18.7 Å².